The van der Waals surface area contributed by atoms with Crippen molar-refractivity contribution >= 4 is 23.5 Å². The average Bonchev–Trinajstić information content (AvgIpc) is 3.21. The van der Waals surface area contributed by atoms with Gasteiger partial charge >= 0.3 is 11.9 Å². The zero-order valence-electron chi connectivity index (χ0n) is 14.2. The van der Waals surface area contributed by atoms with Crippen LogP contribution in [0.1, 0.15) is 19.3 Å². The van der Waals surface area contributed by atoms with Gasteiger partial charge in [0.25, 0.3) is 5.78 Å². The van der Waals surface area contributed by atoms with Crippen LogP contribution in [0, 0.1) is 35.5 Å². The minimum absolute atomic E-state index is 0.0430. The van der Waals surface area contributed by atoms with Gasteiger partial charge in [-0.2, -0.15) is 0 Å². The highest BCUT2D eigenvalue weighted by atomic mass is 16.5. The van der Waals surface area contributed by atoms with E-state index in [4.69, 9.17) is 0 Å². The van der Waals surface area contributed by atoms with Gasteiger partial charge in [0, 0.05) is 11.8 Å². The predicted octanol–water partition coefficient (Wildman–Crippen LogP) is 0.296. The number of methoxy groups -OCH3 is 2. The minimum Gasteiger partial charge on any atom is -0.469 e. The molecule has 2 bridgehead atoms. The van der Waals surface area contributed by atoms with Gasteiger partial charge in [0.2, 0.25) is 0 Å². The summed E-state index contributed by atoms with van der Waals surface area (Å²) in [6.45, 7) is 0. The number of aliphatic hydroxyl groups excluding tert-OH is 1. The molecule has 25 heavy (non-hydrogen) atoms. The molecule has 0 amide bonds. The molecule has 0 aromatic carbocycles. The van der Waals surface area contributed by atoms with E-state index < -0.39 is 35.7 Å². The molecule has 7 atom stereocenters. The number of fused-ring (bicyclic) bond motifs is 5. The third kappa shape index (κ3) is 2.90. The van der Waals surface area contributed by atoms with Crippen molar-refractivity contribution in [3.05, 3.63) is 12.2 Å². The standard InChI is InChI=1S/C18H22O7/c1-24-13(20)7-12(19)11-6-10-8-3-4-9(5-8)14(10)16(21)15(11)17(22)18(23)25-2/h3-4,8-12,14-15,19H,5-7H2,1-2H3. The Balaban J connectivity index is 1.90. The smallest absolute Gasteiger partial charge is 0.375 e. The molecule has 2 fully saturated rings. The van der Waals surface area contributed by atoms with E-state index in [1.807, 2.05) is 6.08 Å². The molecule has 0 heterocycles. The van der Waals surface area contributed by atoms with Crippen LogP contribution in [0.25, 0.3) is 0 Å². The molecule has 0 radical (unpaired) electrons. The lowest BCUT2D eigenvalue weighted by Gasteiger charge is -2.41. The van der Waals surface area contributed by atoms with Crippen LogP contribution in [0.3, 0.4) is 0 Å². The molecule has 3 rings (SSSR count). The number of aliphatic hydroxyl groups is 1. The van der Waals surface area contributed by atoms with E-state index >= 15 is 0 Å². The van der Waals surface area contributed by atoms with Crippen molar-refractivity contribution in [3.8, 4) is 0 Å². The maximum absolute atomic E-state index is 13.0. The minimum atomic E-state index is -1.26. The van der Waals surface area contributed by atoms with Crippen LogP contribution in [0.4, 0.5) is 0 Å². The Morgan fingerprint density at radius 2 is 1.84 bits per heavy atom. The van der Waals surface area contributed by atoms with E-state index in [-0.39, 0.29) is 35.9 Å². The molecule has 1 N–H and O–H groups in total. The van der Waals surface area contributed by atoms with E-state index in [1.54, 1.807) is 0 Å². The lowest BCUT2D eigenvalue weighted by atomic mass is 9.61. The molecule has 7 heteroatoms. The predicted molar refractivity (Wildman–Crippen MR) is 84.0 cm³/mol. The lowest BCUT2D eigenvalue weighted by Crippen LogP contribution is -2.51. The monoisotopic (exact) mass is 350 g/mol. The zero-order valence-corrected chi connectivity index (χ0v) is 14.2. The average molecular weight is 350 g/mol. The number of allylic oxidation sites excluding steroid dienone is 2. The summed E-state index contributed by atoms with van der Waals surface area (Å²) < 4.78 is 9.06. The van der Waals surface area contributed by atoms with Crippen molar-refractivity contribution < 1.29 is 33.8 Å². The van der Waals surface area contributed by atoms with Crippen molar-refractivity contribution in [2.75, 3.05) is 14.2 Å². The number of ether oxygens (including phenoxy) is 2. The van der Waals surface area contributed by atoms with Crippen LogP contribution in [-0.2, 0) is 28.7 Å². The van der Waals surface area contributed by atoms with Crippen molar-refractivity contribution in [2.24, 2.45) is 35.5 Å². The highest BCUT2D eigenvalue weighted by Gasteiger charge is 2.58. The first kappa shape index (κ1) is 17.8. The molecule has 0 aromatic heterocycles. The SMILES string of the molecule is COC(=O)CC(O)C1CC2C3C=CC(C3)C2C(=O)C1C(=O)C(=O)OC. The maximum Gasteiger partial charge on any atom is 0.375 e. The van der Waals surface area contributed by atoms with Crippen LogP contribution in [-0.4, -0.2) is 48.9 Å². The second kappa shape index (κ2) is 6.71. The summed E-state index contributed by atoms with van der Waals surface area (Å²) in [5.41, 5.74) is 0. The first-order valence-corrected chi connectivity index (χ1v) is 8.48. The summed E-state index contributed by atoms with van der Waals surface area (Å²) in [7, 11) is 2.28. The normalized spacial score (nSPS) is 36.7. The van der Waals surface area contributed by atoms with Gasteiger partial charge in [-0.15, -0.1) is 0 Å². The first-order valence-electron chi connectivity index (χ1n) is 8.48. The van der Waals surface area contributed by atoms with Gasteiger partial charge in [0.15, 0.2) is 0 Å². The number of ketones is 2. The van der Waals surface area contributed by atoms with Crippen LogP contribution in [0.5, 0.6) is 0 Å². The molecule has 2 saturated carbocycles. The van der Waals surface area contributed by atoms with Crippen LogP contribution in [0.2, 0.25) is 0 Å². The third-order valence-corrected chi connectivity index (χ3v) is 6.00. The Kier molecular flexibility index (Phi) is 4.77. The Bertz CT molecular complexity index is 637. The molecule has 3 aliphatic carbocycles. The maximum atomic E-state index is 13.0. The Hall–Kier alpha value is -2.02. The van der Waals surface area contributed by atoms with Gasteiger partial charge in [0.05, 0.1) is 32.7 Å². The second-order valence-corrected chi connectivity index (χ2v) is 7.12. The highest BCUT2D eigenvalue weighted by molar-refractivity contribution is 6.38. The van der Waals surface area contributed by atoms with E-state index in [1.165, 1.54) is 7.11 Å². The molecular weight excluding hydrogens is 328 g/mol. The van der Waals surface area contributed by atoms with Crippen molar-refractivity contribution in [1.82, 2.24) is 0 Å². The number of carbonyl (C=O) groups is 4. The Morgan fingerprint density at radius 1 is 1.16 bits per heavy atom. The Labute approximate surface area is 145 Å². The molecule has 0 saturated heterocycles. The van der Waals surface area contributed by atoms with Gasteiger partial charge in [0.1, 0.15) is 5.78 Å². The lowest BCUT2D eigenvalue weighted by molar-refractivity contribution is -0.161. The van der Waals surface area contributed by atoms with Crippen molar-refractivity contribution in [1.29, 1.82) is 0 Å². The topological polar surface area (TPSA) is 107 Å². The highest BCUT2D eigenvalue weighted by Crippen LogP contribution is 2.55. The number of esters is 2. The number of rotatable bonds is 5. The summed E-state index contributed by atoms with van der Waals surface area (Å²) in [6.07, 6.45) is 3.84. The summed E-state index contributed by atoms with van der Waals surface area (Å²) in [6, 6.07) is 0. The van der Waals surface area contributed by atoms with Crippen LogP contribution < -0.4 is 0 Å². The number of carbonyl (C=O) groups excluding carboxylic acids is 4. The summed E-state index contributed by atoms with van der Waals surface area (Å²) in [5, 5.41) is 10.5. The Morgan fingerprint density at radius 3 is 2.48 bits per heavy atom. The second-order valence-electron chi connectivity index (χ2n) is 7.12. The fourth-order valence-corrected chi connectivity index (χ4v) is 4.87. The van der Waals surface area contributed by atoms with Gasteiger partial charge in [-0.1, -0.05) is 12.2 Å². The fourth-order valence-electron chi connectivity index (χ4n) is 4.87. The molecule has 7 nitrogen and oxygen atoms in total. The largest absolute Gasteiger partial charge is 0.469 e. The summed E-state index contributed by atoms with van der Waals surface area (Å²) in [5.74, 6) is -4.92. The molecule has 0 aromatic rings. The third-order valence-electron chi connectivity index (χ3n) is 6.00. The summed E-state index contributed by atoms with van der Waals surface area (Å²) >= 11 is 0. The van der Waals surface area contributed by atoms with Gasteiger partial charge in [-0.25, -0.2) is 4.79 Å². The quantitative estimate of drug-likeness (QED) is 0.329. The molecule has 136 valence electrons. The van der Waals surface area contributed by atoms with E-state index in [0.717, 1.165) is 13.5 Å². The molecular formula is C18H22O7. The van der Waals surface area contributed by atoms with E-state index in [2.05, 4.69) is 15.5 Å². The fraction of sp³-hybridized carbons (Fsp3) is 0.667. The number of Topliss-reactive ketones (excluding diaryl/α,β-unsaturated/α-hetero) is 2. The van der Waals surface area contributed by atoms with Gasteiger partial charge in [-0.3, -0.25) is 14.4 Å². The molecule has 0 spiro atoms. The summed E-state index contributed by atoms with van der Waals surface area (Å²) in [4.78, 5) is 48.8. The van der Waals surface area contributed by atoms with Crippen LogP contribution >= 0.6 is 0 Å². The van der Waals surface area contributed by atoms with Gasteiger partial charge in [-0.05, 0) is 30.6 Å². The molecule has 0 aliphatic heterocycles. The van der Waals surface area contributed by atoms with Crippen LogP contribution in [0.15, 0.2) is 12.2 Å². The van der Waals surface area contributed by atoms with E-state index in [0.29, 0.717) is 6.42 Å². The van der Waals surface area contributed by atoms with Gasteiger partial charge < -0.3 is 14.6 Å². The zero-order chi connectivity index (χ0) is 18.3. The number of hydrogen-bond acceptors (Lipinski definition) is 7. The van der Waals surface area contributed by atoms with Crippen molar-refractivity contribution in [2.45, 2.75) is 25.4 Å². The molecule has 3 aliphatic rings. The number of hydrogen-bond donors (Lipinski definition) is 1. The van der Waals surface area contributed by atoms with Crippen molar-refractivity contribution in [3.63, 3.8) is 0 Å². The van der Waals surface area contributed by atoms with E-state index in [9.17, 15) is 24.3 Å². The molecule has 7 unspecified atom stereocenters. The first-order chi connectivity index (χ1) is 11.9.